The largest absolute Gasteiger partial charge is 0.341 e. The van der Waals surface area contributed by atoms with Crippen LogP contribution in [0.5, 0.6) is 0 Å². The van der Waals surface area contributed by atoms with Gasteiger partial charge < -0.3 is 4.90 Å². The lowest BCUT2D eigenvalue weighted by Crippen LogP contribution is -2.43. The molecule has 1 saturated heterocycles. The maximum atomic E-state index is 13.7. The lowest BCUT2D eigenvalue weighted by atomic mass is 9.97. The van der Waals surface area contributed by atoms with Gasteiger partial charge in [-0.15, -0.1) is 21.5 Å². The number of carbonyl (C=O) groups excluding carboxylic acids is 1. The average molecular weight is 585 g/mol. The van der Waals surface area contributed by atoms with Gasteiger partial charge in [-0.05, 0) is 50.7 Å². The Balaban J connectivity index is 1.27. The molecule has 9 nitrogen and oxygen atoms in total. The Morgan fingerprint density at radius 2 is 1.97 bits per heavy atom. The molecule has 1 spiro atoms. The SMILES string of the molecule is Cc1nnc2n1-c1sc3c(c1C(c1ccccc1Cl)=NC21CC1)C[C@H](C(=O)N(C)[C@H]1CCN(S(C)(=O)=O)C1)C3. The number of carbonyl (C=O) groups is 1. The van der Waals surface area contributed by atoms with Gasteiger partial charge in [0.2, 0.25) is 15.9 Å². The molecule has 7 rings (SSSR count). The smallest absolute Gasteiger partial charge is 0.226 e. The van der Waals surface area contributed by atoms with E-state index in [4.69, 9.17) is 16.6 Å². The Morgan fingerprint density at radius 3 is 2.67 bits per heavy atom. The number of amides is 1. The number of halogens is 1. The van der Waals surface area contributed by atoms with E-state index in [1.165, 1.54) is 15.4 Å². The molecule has 2 aliphatic carbocycles. The molecule has 1 amide bonds. The summed E-state index contributed by atoms with van der Waals surface area (Å²) in [6.45, 7) is 2.78. The minimum atomic E-state index is -3.27. The van der Waals surface area contributed by atoms with Gasteiger partial charge in [-0.1, -0.05) is 29.8 Å². The molecule has 12 heteroatoms. The monoisotopic (exact) mass is 584 g/mol. The fourth-order valence-electron chi connectivity index (χ4n) is 6.32. The number of thiophene rings is 1. The maximum Gasteiger partial charge on any atom is 0.226 e. The van der Waals surface area contributed by atoms with Crippen molar-refractivity contribution in [2.45, 2.75) is 50.6 Å². The first-order chi connectivity index (χ1) is 18.6. The third-order valence-corrected chi connectivity index (χ3v) is 11.5. The first-order valence-electron chi connectivity index (χ1n) is 13.2. The summed E-state index contributed by atoms with van der Waals surface area (Å²) in [5, 5.41) is 10.7. The fourth-order valence-corrected chi connectivity index (χ4v) is 8.89. The predicted octanol–water partition coefficient (Wildman–Crippen LogP) is 3.34. The number of aromatic nitrogens is 3. The molecular formula is C27H29ClN6O3S2. The van der Waals surface area contributed by atoms with Crippen LogP contribution in [0.25, 0.3) is 5.00 Å². The summed E-state index contributed by atoms with van der Waals surface area (Å²) in [4.78, 5) is 22.0. The van der Waals surface area contributed by atoms with Crippen molar-refractivity contribution < 1.29 is 13.2 Å². The van der Waals surface area contributed by atoms with Gasteiger partial charge in [0.1, 0.15) is 16.4 Å². The van der Waals surface area contributed by atoms with E-state index >= 15 is 0 Å². The molecule has 0 bridgehead atoms. The van der Waals surface area contributed by atoms with Gasteiger partial charge in [0.05, 0.1) is 12.0 Å². The van der Waals surface area contributed by atoms with E-state index in [9.17, 15) is 13.2 Å². The molecule has 204 valence electrons. The van der Waals surface area contributed by atoms with Gasteiger partial charge in [-0.2, -0.15) is 0 Å². The standard InChI is InChI=1S/C27H29ClN6O3S2/c1-15-30-31-26-27(9-10-27)29-23(18-6-4-5-7-20(18)28)22-19-12-16(13-21(19)38-25(22)34(15)26)24(35)32(2)17-8-11-33(14-17)39(3,36)37/h4-7,16-17H,8-14H2,1-3H3/t16-,17-/m0/s1. The summed E-state index contributed by atoms with van der Waals surface area (Å²) in [5.41, 5.74) is 3.56. The summed E-state index contributed by atoms with van der Waals surface area (Å²) in [7, 11) is -1.45. The molecule has 2 aromatic heterocycles. The van der Waals surface area contributed by atoms with Crippen molar-refractivity contribution in [1.29, 1.82) is 0 Å². The van der Waals surface area contributed by atoms with E-state index < -0.39 is 15.6 Å². The number of nitrogens with zero attached hydrogens (tertiary/aromatic N) is 6. The molecule has 0 radical (unpaired) electrons. The molecule has 2 fully saturated rings. The number of hydrogen-bond acceptors (Lipinski definition) is 7. The molecule has 0 N–H and O–H groups in total. The van der Waals surface area contributed by atoms with Crippen LogP contribution < -0.4 is 0 Å². The Kier molecular flexibility index (Phi) is 5.66. The van der Waals surface area contributed by atoms with Crippen molar-refractivity contribution in [2.75, 3.05) is 26.4 Å². The third kappa shape index (κ3) is 3.92. The molecule has 39 heavy (non-hydrogen) atoms. The number of fused-ring (bicyclic) bond motifs is 6. The molecular weight excluding hydrogens is 556 g/mol. The number of hydrogen-bond donors (Lipinski definition) is 0. The first kappa shape index (κ1) is 25.4. The zero-order valence-corrected chi connectivity index (χ0v) is 24.4. The summed E-state index contributed by atoms with van der Waals surface area (Å²) in [6, 6.07) is 7.70. The van der Waals surface area contributed by atoms with Gasteiger partial charge in [0.15, 0.2) is 5.82 Å². The summed E-state index contributed by atoms with van der Waals surface area (Å²) < 4.78 is 27.7. The van der Waals surface area contributed by atoms with Crippen molar-refractivity contribution in [3.05, 3.63) is 62.5 Å². The minimum absolute atomic E-state index is 0.0668. The average Bonchev–Trinajstić information content (AvgIpc) is 3.28. The van der Waals surface area contributed by atoms with Crippen LogP contribution in [0.4, 0.5) is 0 Å². The van der Waals surface area contributed by atoms with Gasteiger partial charge >= 0.3 is 0 Å². The van der Waals surface area contributed by atoms with Gasteiger partial charge in [0, 0.05) is 53.1 Å². The highest BCUT2D eigenvalue weighted by atomic mass is 35.5. The topological polar surface area (TPSA) is 101 Å². The lowest BCUT2D eigenvalue weighted by Gasteiger charge is -2.27. The number of sulfonamides is 1. The molecule has 3 aromatic rings. The molecule has 2 atom stereocenters. The number of rotatable bonds is 4. The fraction of sp³-hybridized carbons (Fsp3) is 0.481. The van der Waals surface area contributed by atoms with Crippen LogP contribution in [-0.2, 0) is 33.2 Å². The number of aliphatic imine (C=N–C) groups is 1. The number of benzene rings is 1. The molecule has 0 unspecified atom stereocenters. The van der Waals surface area contributed by atoms with Gasteiger partial charge in [0.25, 0.3) is 0 Å². The van der Waals surface area contributed by atoms with Crippen molar-refractivity contribution in [3.63, 3.8) is 0 Å². The molecule has 1 saturated carbocycles. The van der Waals surface area contributed by atoms with E-state index in [0.717, 1.165) is 51.9 Å². The Labute approximate surface area is 236 Å². The molecule has 2 aliphatic heterocycles. The second-order valence-electron chi connectivity index (χ2n) is 11.2. The molecule has 4 heterocycles. The summed E-state index contributed by atoms with van der Waals surface area (Å²) >= 11 is 8.44. The predicted molar refractivity (Wildman–Crippen MR) is 150 cm³/mol. The quantitative estimate of drug-likeness (QED) is 0.468. The second-order valence-corrected chi connectivity index (χ2v) is 14.7. The Morgan fingerprint density at radius 1 is 1.21 bits per heavy atom. The van der Waals surface area contributed by atoms with Gasteiger partial charge in [-0.3, -0.25) is 14.4 Å². The Hall–Kier alpha value is -2.60. The minimum Gasteiger partial charge on any atom is -0.341 e. The van der Waals surface area contributed by atoms with Crippen LogP contribution >= 0.6 is 22.9 Å². The van der Waals surface area contributed by atoms with Crippen LogP contribution in [0.3, 0.4) is 0 Å². The highest BCUT2D eigenvalue weighted by Gasteiger charge is 2.52. The van der Waals surface area contributed by atoms with E-state index in [-0.39, 0.29) is 17.9 Å². The highest BCUT2D eigenvalue weighted by Crippen LogP contribution is 2.54. The second kappa shape index (κ2) is 8.70. The van der Waals surface area contributed by atoms with E-state index in [2.05, 4.69) is 14.8 Å². The number of aryl methyl sites for hydroxylation is 1. The van der Waals surface area contributed by atoms with Crippen molar-refractivity contribution in [3.8, 4) is 5.00 Å². The highest BCUT2D eigenvalue weighted by molar-refractivity contribution is 7.88. The van der Waals surface area contributed by atoms with Crippen molar-refractivity contribution in [1.82, 2.24) is 24.0 Å². The van der Waals surface area contributed by atoms with Crippen LogP contribution in [-0.4, -0.2) is 76.4 Å². The molecule has 1 aromatic carbocycles. The van der Waals surface area contributed by atoms with Crippen LogP contribution in [0, 0.1) is 12.8 Å². The zero-order chi connectivity index (χ0) is 27.3. The van der Waals surface area contributed by atoms with Crippen molar-refractivity contribution >= 4 is 44.6 Å². The Bertz CT molecular complexity index is 1670. The maximum absolute atomic E-state index is 13.7. The normalized spacial score (nSPS) is 23.2. The van der Waals surface area contributed by atoms with Gasteiger partial charge in [-0.25, -0.2) is 12.7 Å². The van der Waals surface area contributed by atoms with Crippen LogP contribution in [0.2, 0.25) is 5.02 Å². The zero-order valence-electron chi connectivity index (χ0n) is 22.0. The summed E-state index contributed by atoms with van der Waals surface area (Å²) in [5.74, 6) is 1.59. The van der Waals surface area contributed by atoms with Crippen molar-refractivity contribution in [2.24, 2.45) is 10.9 Å². The number of likely N-dealkylation sites (N-methyl/N-ethyl adjacent to an activating group) is 1. The molecule has 4 aliphatic rings. The summed E-state index contributed by atoms with van der Waals surface area (Å²) in [6.07, 6.45) is 4.96. The van der Waals surface area contributed by atoms with E-state index in [1.54, 1.807) is 16.2 Å². The van der Waals surface area contributed by atoms with E-state index in [1.807, 2.05) is 38.2 Å². The lowest BCUT2D eigenvalue weighted by molar-refractivity contribution is -0.135. The van der Waals surface area contributed by atoms with Crippen LogP contribution in [0.15, 0.2) is 29.3 Å². The van der Waals surface area contributed by atoms with Crippen LogP contribution in [0.1, 0.15) is 52.5 Å². The first-order valence-corrected chi connectivity index (χ1v) is 16.3. The third-order valence-electron chi connectivity index (χ3n) is 8.65. The van der Waals surface area contributed by atoms with E-state index in [0.29, 0.717) is 37.4 Å².